The molecule has 0 atom stereocenters. The highest BCUT2D eigenvalue weighted by molar-refractivity contribution is 5.80. The summed E-state index contributed by atoms with van der Waals surface area (Å²) < 4.78 is 37.3. The lowest BCUT2D eigenvalue weighted by molar-refractivity contribution is -0.143. The van der Waals surface area contributed by atoms with Crippen molar-refractivity contribution in [3.8, 4) is 0 Å². The van der Waals surface area contributed by atoms with Crippen LogP contribution in [-0.4, -0.2) is 47.8 Å². The fourth-order valence-electron chi connectivity index (χ4n) is 2.08. The van der Waals surface area contributed by atoms with Crippen LogP contribution in [0.3, 0.4) is 0 Å². The highest BCUT2D eigenvalue weighted by Crippen LogP contribution is 2.45. The van der Waals surface area contributed by atoms with Crippen LogP contribution in [0.5, 0.6) is 0 Å². The lowest BCUT2D eigenvalue weighted by atomic mass is 10.1. The van der Waals surface area contributed by atoms with Crippen molar-refractivity contribution in [2.24, 2.45) is 5.41 Å². The molecule has 1 aliphatic heterocycles. The largest absolute Gasteiger partial charge is 0.481 e. The molecule has 0 bridgehead atoms. The number of carboxylic acids is 1. The first-order valence-corrected chi connectivity index (χ1v) is 6.27. The van der Waals surface area contributed by atoms with Crippen LogP contribution in [0.1, 0.15) is 19.3 Å². The number of hydrogen-bond donors (Lipinski definition) is 2. The van der Waals surface area contributed by atoms with Crippen LogP contribution in [-0.2, 0) is 4.79 Å². The van der Waals surface area contributed by atoms with E-state index in [4.69, 9.17) is 5.11 Å². The molecule has 0 aromatic carbocycles. The van der Waals surface area contributed by atoms with E-state index in [9.17, 15) is 22.8 Å². The summed E-state index contributed by atoms with van der Waals surface area (Å²) in [5.74, 6) is -0.948. The molecule has 0 unspecified atom stereocenters. The summed E-state index contributed by atoms with van der Waals surface area (Å²) in [4.78, 5) is 23.9. The number of carbonyl (C=O) groups is 2. The van der Waals surface area contributed by atoms with Gasteiger partial charge < -0.3 is 15.3 Å². The van der Waals surface area contributed by atoms with Gasteiger partial charge in [0, 0.05) is 25.2 Å². The van der Waals surface area contributed by atoms with Crippen LogP contribution in [0.2, 0.25) is 0 Å². The lowest BCUT2D eigenvalue weighted by Gasteiger charge is -2.27. The number of amides is 2. The van der Waals surface area contributed by atoms with Crippen LogP contribution >= 0.6 is 0 Å². The second kappa shape index (κ2) is 4.99. The van der Waals surface area contributed by atoms with Gasteiger partial charge in [-0.15, -0.1) is 0 Å². The Balaban J connectivity index is 1.84. The van der Waals surface area contributed by atoms with E-state index in [1.807, 2.05) is 0 Å². The molecule has 0 aromatic heterocycles. The predicted octanol–water partition coefficient (Wildman–Crippen LogP) is 1.76. The van der Waals surface area contributed by atoms with Gasteiger partial charge in [0.1, 0.15) is 0 Å². The Labute approximate surface area is 113 Å². The van der Waals surface area contributed by atoms with Gasteiger partial charge >= 0.3 is 18.2 Å². The molecule has 112 valence electrons. The number of urea groups is 1. The summed E-state index contributed by atoms with van der Waals surface area (Å²) in [6.07, 6.45) is -2.56. The number of halogens is 3. The SMILES string of the molecule is O=C(NCC1(C(=O)O)CC1)N1CC=C(C(F)(F)F)CC1. The summed E-state index contributed by atoms with van der Waals surface area (Å²) in [5.41, 5.74) is -1.50. The van der Waals surface area contributed by atoms with E-state index >= 15 is 0 Å². The van der Waals surface area contributed by atoms with Gasteiger partial charge in [0.15, 0.2) is 0 Å². The van der Waals surface area contributed by atoms with Crippen molar-refractivity contribution < 1.29 is 27.9 Å². The third kappa shape index (κ3) is 3.05. The maximum Gasteiger partial charge on any atom is 0.412 e. The number of hydrogen-bond acceptors (Lipinski definition) is 2. The highest BCUT2D eigenvalue weighted by Gasteiger charge is 2.50. The van der Waals surface area contributed by atoms with Crippen molar-refractivity contribution in [3.63, 3.8) is 0 Å². The molecule has 0 aromatic rings. The fraction of sp³-hybridized carbons (Fsp3) is 0.667. The van der Waals surface area contributed by atoms with E-state index in [2.05, 4.69) is 5.32 Å². The molecule has 1 fully saturated rings. The lowest BCUT2D eigenvalue weighted by Crippen LogP contribution is -2.45. The summed E-state index contributed by atoms with van der Waals surface area (Å²) in [7, 11) is 0. The second-order valence-corrected chi connectivity index (χ2v) is 5.17. The van der Waals surface area contributed by atoms with Crippen LogP contribution < -0.4 is 5.32 Å². The molecule has 0 spiro atoms. The monoisotopic (exact) mass is 292 g/mol. The van der Waals surface area contributed by atoms with Gasteiger partial charge in [-0.3, -0.25) is 4.79 Å². The van der Waals surface area contributed by atoms with E-state index in [1.165, 1.54) is 4.90 Å². The van der Waals surface area contributed by atoms with E-state index in [0.717, 1.165) is 6.08 Å². The first-order chi connectivity index (χ1) is 9.24. The molecule has 2 amide bonds. The number of carbonyl (C=O) groups excluding carboxylic acids is 1. The summed E-state index contributed by atoms with van der Waals surface area (Å²) >= 11 is 0. The number of nitrogens with one attached hydrogen (secondary N) is 1. The number of aliphatic carboxylic acids is 1. The zero-order valence-corrected chi connectivity index (χ0v) is 10.7. The molecule has 5 nitrogen and oxygen atoms in total. The third-order valence-corrected chi connectivity index (χ3v) is 3.75. The minimum Gasteiger partial charge on any atom is -0.481 e. The number of rotatable bonds is 3. The molecule has 0 saturated heterocycles. The van der Waals surface area contributed by atoms with Crippen molar-refractivity contribution >= 4 is 12.0 Å². The zero-order valence-electron chi connectivity index (χ0n) is 10.7. The standard InChI is InChI=1S/C12H15F3N2O3/c13-12(14,15)8-1-5-17(6-2-8)10(20)16-7-11(3-4-11)9(18)19/h1H,2-7H2,(H,16,20)(H,18,19). The first-order valence-electron chi connectivity index (χ1n) is 6.27. The average molecular weight is 292 g/mol. The van der Waals surface area contributed by atoms with Gasteiger partial charge in [-0.05, 0) is 19.3 Å². The summed E-state index contributed by atoms with van der Waals surface area (Å²) in [6, 6.07) is -0.519. The van der Waals surface area contributed by atoms with Gasteiger partial charge in [0.2, 0.25) is 0 Å². The van der Waals surface area contributed by atoms with Crippen LogP contribution in [0, 0.1) is 5.41 Å². The molecule has 2 aliphatic rings. The molecule has 1 aliphatic carbocycles. The van der Waals surface area contributed by atoms with Crippen molar-refractivity contribution in [1.82, 2.24) is 10.2 Å². The average Bonchev–Trinajstić information content (AvgIpc) is 3.16. The number of carboxylic acid groups (broad SMARTS) is 1. The minimum atomic E-state index is -4.34. The van der Waals surface area contributed by atoms with E-state index in [1.54, 1.807) is 0 Å². The molecular weight excluding hydrogens is 277 g/mol. The molecule has 20 heavy (non-hydrogen) atoms. The van der Waals surface area contributed by atoms with Crippen molar-refractivity contribution in [2.45, 2.75) is 25.4 Å². The molecule has 0 radical (unpaired) electrons. The normalized spacial score (nSPS) is 21.1. The summed E-state index contributed by atoms with van der Waals surface area (Å²) in [6.45, 7) is -0.106. The Morgan fingerprint density at radius 2 is 2.05 bits per heavy atom. The minimum absolute atomic E-state index is 0.0166. The molecule has 8 heteroatoms. The topological polar surface area (TPSA) is 69.6 Å². The maximum absolute atomic E-state index is 12.4. The summed E-state index contributed by atoms with van der Waals surface area (Å²) in [5, 5.41) is 11.4. The van der Waals surface area contributed by atoms with E-state index < -0.39 is 29.2 Å². The second-order valence-electron chi connectivity index (χ2n) is 5.17. The number of alkyl halides is 3. The quantitative estimate of drug-likeness (QED) is 0.779. The Morgan fingerprint density at radius 1 is 1.40 bits per heavy atom. The molecule has 1 heterocycles. The molecule has 2 N–H and O–H groups in total. The molecular formula is C12H15F3N2O3. The van der Waals surface area contributed by atoms with Gasteiger partial charge in [-0.2, -0.15) is 13.2 Å². The van der Waals surface area contributed by atoms with E-state index in [0.29, 0.717) is 12.8 Å². The van der Waals surface area contributed by atoms with Crippen molar-refractivity contribution in [1.29, 1.82) is 0 Å². The Kier molecular flexibility index (Phi) is 3.66. The van der Waals surface area contributed by atoms with Crippen LogP contribution in [0.15, 0.2) is 11.6 Å². The van der Waals surface area contributed by atoms with Gasteiger partial charge in [-0.1, -0.05) is 6.08 Å². The van der Waals surface area contributed by atoms with Gasteiger partial charge in [0.25, 0.3) is 0 Å². The third-order valence-electron chi connectivity index (χ3n) is 3.75. The Hall–Kier alpha value is -1.73. The van der Waals surface area contributed by atoms with Crippen LogP contribution in [0.25, 0.3) is 0 Å². The smallest absolute Gasteiger partial charge is 0.412 e. The van der Waals surface area contributed by atoms with Crippen molar-refractivity contribution in [3.05, 3.63) is 11.6 Å². The fourth-order valence-corrected chi connectivity index (χ4v) is 2.08. The zero-order chi connectivity index (χ0) is 15.0. The Bertz CT molecular complexity index is 455. The van der Waals surface area contributed by atoms with Gasteiger partial charge in [-0.25, -0.2) is 4.79 Å². The predicted molar refractivity (Wildman–Crippen MR) is 63.0 cm³/mol. The van der Waals surface area contributed by atoms with Crippen LogP contribution in [0.4, 0.5) is 18.0 Å². The van der Waals surface area contributed by atoms with Gasteiger partial charge in [0.05, 0.1) is 5.41 Å². The maximum atomic E-state index is 12.4. The molecule has 2 rings (SSSR count). The highest BCUT2D eigenvalue weighted by atomic mass is 19.4. The first kappa shape index (κ1) is 14.7. The van der Waals surface area contributed by atoms with E-state index in [-0.39, 0.29) is 26.1 Å². The Morgan fingerprint density at radius 3 is 2.45 bits per heavy atom. The molecule has 1 saturated carbocycles. The number of nitrogens with zero attached hydrogens (tertiary/aromatic N) is 1. The van der Waals surface area contributed by atoms with Crippen molar-refractivity contribution in [2.75, 3.05) is 19.6 Å².